The standard InChI is InChI=1S/C21H15N3O5/c25-20(16-8-10-18(11-9-16)24(27)28)23-22-14-15-6-12-19(13-7-15)29-21(26)17-4-2-1-3-5-17/h1-14H,(H,23,25)/b22-14+. The van der Waals surface area contributed by atoms with Gasteiger partial charge in [0, 0.05) is 17.7 Å². The highest BCUT2D eigenvalue weighted by atomic mass is 16.6. The van der Waals surface area contributed by atoms with Crippen molar-refractivity contribution in [3.05, 3.63) is 106 Å². The minimum absolute atomic E-state index is 0.0990. The van der Waals surface area contributed by atoms with Gasteiger partial charge in [-0.15, -0.1) is 0 Å². The zero-order valence-electron chi connectivity index (χ0n) is 15.0. The molecule has 0 saturated heterocycles. The van der Waals surface area contributed by atoms with Crippen LogP contribution in [0.3, 0.4) is 0 Å². The van der Waals surface area contributed by atoms with Crippen molar-refractivity contribution in [2.24, 2.45) is 5.10 Å². The van der Waals surface area contributed by atoms with E-state index in [1.165, 1.54) is 30.5 Å². The third kappa shape index (κ3) is 5.33. The molecular weight excluding hydrogens is 374 g/mol. The van der Waals surface area contributed by atoms with Crippen LogP contribution in [0.4, 0.5) is 5.69 Å². The zero-order valence-corrected chi connectivity index (χ0v) is 15.0. The first kappa shape index (κ1) is 19.4. The second-order valence-electron chi connectivity index (χ2n) is 5.83. The number of amides is 1. The summed E-state index contributed by atoms with van der Waals surface area (Å²) in [6.07, 6.45) is 1.42. The number of esters is 1. The van der Waals surface area contributed by atoms with E-state index in [0.717, 1.165) is 0 Å². The van der Waals surface area contributed by atoms with Gasteiger partial charge in [-0.25, -0.2) is 10.2 Å². The number of nitrogens with zero attached hydrogens (tertiary/aromatic N) is 2. The number of nitrogens with one attached hydrogen (secondary N) is 1. The van der Waals surface area contributed by atoms with Gasteiger partial charge < -0.3 is 4.74 Å². The second kappa shape index (κ2) is 9.05. The molecule has 0 heterocycles. The average Bonchev–Trinajstić information content (AvgIpc) is 2.75. The number of hydrogen-bond donors (Lipinski definition) is 1. The molecule has 3 rings (SSSR count). The van der Waals surface area contributed by atoms with Gasteiger partial charge in [0.25, 0.3) is 11.6 Å². The number of carbonyl (C=O) groups excluding carboxylic acids is 2. The lowest BCUT2D eigenvalue weighted by molar-refractivity contribution is -0.384. The highest BCUT2D eigenvalue weighted by molar-refractivity contribution is 5.95. The molecule has 0 fully saturated rings. The summed E-state index contributed by atoms with van der Waals surface area (Å²) >= 11 is 0. The average molecular weight is 389 g/mol. The first-order chi connectivity index (χ1) is 14.0. The van der Waals surface area contributed by atoms with Crippen molar-refractivity contribution in [2.75, 3.05) is 0 Å². The smallest absolute Gasteiger partial charge is 0.343 e. The van der Waals surface area contributed by atoms with E-state index in [2.05, 4.69) is 10.5 Å². The van der Waals surface area contributed by atoms with Crippen LogP contribution in [0.25, 0.3) is 0 Å². The monoisotopic (exact) mass is 389 g/mol. The molecule has 0 bridgehead atoms. The molecule has 144 valence electrons. The van der Waals surface area contributed by atoms with Gasteiger partial charge in [-0.3, -0.25) is 14.9 Å². The molecular formula is C21H15N3O5. The molecule has 1 N–H and O–H groups in total. The van der Waals surface area contributed by atoms with Gasteiger partial charge in [-0.2, -0.15) is 5.10 Å². The predicted octanol–water partition coefficient (Wildman–Crippen LogP) is 3.58. The Kier molecular flexibility index (Phi) is 6.06. The molecule has 0 unspecified atom stereocenters. The van der Waals surface area contributed by atoms with Crippen molar-refractivity contribution in [3.8, 4) is 5.75 Å². The van der Waals surface area contributed by atoms with Gasteiger partial charge >= 0.3 is 5.97 Å². The molecule has 1 amide bonds. The van der Waals surface area contributed by atoms with Crippen LogP contribution in [0.1, 0.15) is 26.3 Å². The number of benzene rings is 3. The molecule has 8 nitrogen and oxygen atoms in total. The SMILES string of the molecule is O=C(N/N=C/c1ccc(OC(=O)c2ccccc2)cc1)c1ccc([N+](=O)[O-])cc1. The number of rotatable bonds is 6. The van der Waals surface area contributed by atoms with E-state index in [1.807, 2.05) is 6.07 Å². The Balaban J connectivity index is 1.55. The van der Waals surface area contributed by atoms with Crippen LogP contribution in [0.2, 0.25) is 0 Å². The first-order valence-corrected chi connectivity index (χ1v) is 8.48. The molecule has 0 aliphatic heterocycles. The minimum Gasteiger partial charge on any atom is -0.423 e. The fraction of sp³-hybridized carbons (Fsp3) is 0. The molecule has 0 atom stereocenters. The fourth-order valence-electron chi connectivity index (χ4n) is 2.33. The van der Waals surface area contributed by atoms with E-state index in [4.69, 9.17) is 4.74 Å². The van der Waals surface area contributed by atoms with Gasteiger partial charge in [0.2, 0.25) is 0 Å². The zero-order chi connectivity index (χ0) is 20.6. The Hall–Kier alpha value is -4.33. The van der Waals surface area contributed by atoms with Crippen molar-refractivity contribution < 1.29 is 19.2 Å². The lowest BCUT2D eigenvalue weighted by atomic mass is 10.2. The summed E-state index contributed by atoms with van der Waals surface area (Å²) < 4.78 is 5.28. The Bertz CT molecular complexity index is 1050. The Morgan fingerprint density at radius 1 is 0.897 bits per heavy atom. The molecule has 0 aliphatic rings. The van der Waals surface area contributed by atoms with Crippen molar-refractivity contribution in [3.63, 3.8) is 0 Å². The third-order valence-electron chi connectivity index (χ3n) is 3.82. The summed E-state index contributed by atoms with van der Waals surface area (Å²) in [6.45, 7) is 0. The van der Waals surface area contributed by atoms with Gasteiger partial charge in [-0.1, -0.05) is 18.2 Å². The van der Waals surface area contributed by atoms with Crippen molar-refractivity contribution in [2.45, 2.75) is 0 Å². The normalized spacial score (nSPS) is 10.5. The number of nitro groups is 1. The lowest BCUT2D eigenvalue weighted by Gasteiger charge is -2.04. The largest absolute Gasteiger partial charge is 0.423 e. The molecule has 0 radical (unpaired) electrons. The lowest BCUT2D eigenvalue weighted by Crippen LogP contribution is -2.17. The first-order valence-electron chi connectivity index (χ1n) is 8.48. The summed E-state index contributed by atoms with van der Waals surface area (Å²) in [5.41, 5.74) is 3.61. The molecule has 0 aromatic heterocycles. The number of hydrazone groups is 1. The van der Waals surface area contributed by atoms with E-state index in [0.29, 0.717) is 16.9 Å². The summed E-state index contributed by atoms with van der Waals surface area (Å²) in [5, 5.41) is 14.5. The van der Waals surface area contributed by atoms with Crippen molar-refractivity contribution in [1.82, 2.24) is 5.43 Å². The fourth-order valence-corrected chi connectivity index (χ4v) is 2.33. The van der Waals surface area contributed by atoms with E-state index in [-0.39, 0.29) is 11.3 Å². The van der Waals surface area contributed by atoms with Gasteiger partial charge in [0.1, 0.15) is 5.75 Å². The van der Waals surface area contributed by atoms with Crippen molar-refractivity contribution >= 4 is 23.8 Å². The maximum Gasteiger partial charge on any atom is 0.343 e. The van der Waals surface area contributed by atoms with Crippen molar-refractivity contribution in [1.29, 1.82) is 0 Å². The van der Waals surface area contributed by atoms with E-state index >= 15 is 0 Å². The summed E-state index contributed by atoms with van der Waals surface area (Å²) in [5.74, 6) is -0.571. The highest BCUT2D eigenvalue weighted by Gasteiger charge is 2.09. The molecule has 0 spiro atoms. The summed E-state index contributed by atoms with van der Waals surface area (Å²) in [4.78, 5) is 34.1. The number of non-ortho nitro benzene ring substituents is 1. The summed E-state index contributed by atoms with van der Waals surface area (Å²) in [6, 6.07) is 20.4. The molecule has 3 aromatic carbocycles. The topological polar surface area (TPSA) is 111 Å². The Morgan fingerprint density at radius 3 is 2.17 bits per heavy atom. The van der Waals surface area contributed by atoms with E-state index in [1.54, 1.807) is 48.5 Å². The molecule has 3 aromatic rings. The maximum absolute atomic E-state index is 12.0. The third-order valence-corrected chi connectivity index (χ3v) is 3.82. The van der Waals surface area contributed by atoms with Crippen LogP contribution < -0.4 is 10.2 Å². The van der Waals surface area contributed by atoms with Crippen LogP contribution in [0, 0.1) is 10.1 Å². The molecule has 29 heavy (non-hydrogen) atoms. The number of nitro benzene ring substituents is 1. The van der Waals surface area contributed by atoms with Crippen LogP contribution in [0.15, 0.2) is 84.0 Å². The molecule has 0 aliphatic carbocycles. The van der Waals surface area contributed by atoms with Gasteiger partial charge in [0.05, 0.1) is 16.7 Å². The second-order valence-corrected chi connectivity index (χ2v) is 5.83. The number of carbonyl (C=O) groups is 2. The van der Waals surface area contributed by atoms with Gasteiger partial charge in [0.15, 0.2) is 0 Å². The number of ether oxygens (including phenoxy) is 1. The summed E-state index contributed by atoms with van der Waals surface area (Å²) in [7, 11) is 0. The van der Waals surface area contributed by atoms with Crippen LogP contribution in [-0.2, 0) is 0 Å². The van der Waals surface area contributed by atoms with Gasteiger partial charge in [-0.05, 0) is 54.1 Å². The Morgan fingerprint density at radius 2 is 1.55 bits per heavy atom. The number of hydrogen-bond acceptors (Lipinski definition) is 6. The minimum atomic E-state index is -0.541. The van der Waals surface area contributed by atoms with E-state index < -0.39 is 16.8 Å². The highest BCUT2D eigenvalue weighted by Crippen LogP contribution is 2.14. The van der Waals surface area contributed by atoms with Crippen LogP contribution in [-0.4, -0.2) is 23.0 Å². The van der Waals surface area contributed by atoms with Crippen LogP contribution >= 0.6 is 0 Å². The Labute approximate surface area is 165 Å². The molecule has 8 heteroatoms. The predicted molar refractivity (Wildman–Crippen MR) is 106 cm³/mol. The van der Waals surface area contributed by atoms with E-state index in [9.17, 15) is 19.7 Å². The maximum atomic E-state index is 12.0. The molecule has 0 saturated carbocycles. The van der Waals surface area contributed by atoms with Crippen LogP contribution in [0.5, 0.6) is 5.75 Å². The quantitative estimate of drug-likeness (QED) is 0.228.